The number of nitrogens with one attached hydrogen (secondary N) is 2. The maximum atomic E-state index is 13.4. The molecule has 11 heteroatoms. The number of carbonyl (C=O) groups is 1. The van der Waals surface area contributed by atoms with Gasteiger partial charge in [-0.1, -0.05) is 23.7 Å². The zero-order valence-corrected chi connectivity index (χ0v) is 17.5. The number of ether oxygens (including phenoxy) is 1. The summed E-state index contributed by atoms with van der Waals surface area (Å²) in [5.74, 6) is -1.70. The molecule has 7 nitrogen and oxygen atoms in total. The number of carbonyl (C=O) groups excluding carboxylic acids is 1. The molecule has 0 unspecified atom stereocenters. The molecule has 0 bridgehead atoms. The summed E-state index contributed by atoms with van der Waals surface area (Å²) in [5, 5.41) is 2.41. The van der Waals surface area contributed by atoms with Crippen LogP contribution >= 0.6 is 11.6 Å². The van der Waals surface area contributed by atoms with E-state index in [1.807, 2.05) is 0 Å². The number of anilines is 1. The number of rotatable bonds is 6. The van der Waals surface area contributed by atoms with Crippen molar-refractivity contribution in [2.75, 3.05) is 25.6 Å². The van der Waals surface area contributed by atoms with Gasteiger partial charge in [0, 0.05) is 25.4 Å². The van der Waals surface area contributed by atoms with Gasteiger partial charge in [0.2, 0.25) is 5.91 Å². The van der Waals surface area contributed by atoms with Crippen molar-refractivity contribution in [2.24, 2.45) is 0 Å². The summed E-state index contributed by atoms with van der Waals surface area (Å²) in [5.41, 5.74) is 0.751. The number of halogens is 3. The van der Waals surface area contributed by atoms with Gasteiger partial charge in [0.05, 0.1) is 11.6 Å². The van der Waals surface area contributed by atoms with Crippen LogP contribution in [-0.2, 0) is 19.7 Å². The quantitative estimate of drug-likeness (QED) is 0.695. The highest BCUT2D eigenvalue weighted by atomic mass is 35.5. The molecular formula is C19H20ClF2N3O4S. The molecule has 1 aliphatic rings. The Hall–Kier alpha value is -2.11. The first-order chi connectivity index (χ1) is 14.2. The third-order valence-electron chi connectivity index (χ3n) is 4.68. The van der Waals surface area contributed by atoms with Gasteiger partial charge >= 0.3 is 0 Å². The minimum absolute atomic E-state index is 0.0514. The first-order valence-electron chi connectivity index (χ1n) is 9.00. The predicted octanol–water partition coefficient (Wildman–Crippen LogP) is 2.85. The Bertz CT molecular complexity index is 1020. The second-order valence-electron chi connectivity index (χ2n) is 6.70. The van der Waals surface area contributed by atoms with Crippen LogP contribution in [0.2, 0.25) is 5.02 Å². The molecular weight excluding hydrogens is 440 g/mol. The molecule has 2 aromatic rings. The Morgan fingerprint density at radius 1 is 1.27 bits per heavy atom. The van der Waals surface area contributed by atoms with Gasteiger partial charge in [-0.05, 0) is 42.3 Å². The summed E-state index contributed by atoms with van der Waals surface area (Å²) >= 11 is 5.75. The first kappa shape index (κ1) is 22.6. The number of nitrogens with zero attached hydrogens (tertiary/aromatic N) is 1. The number of amides is 1. The second-order valence-corrected chi connectivity index (χ2v) is 8.76. The molecule has 30 heavy (non-hydrogen) atoms. The zero-order valence-electron chi connectivity index (χ0n) is 15.9. The number of benzene rings is 2. The summed E-state index contributed by atoms with van der Waals surface area (Å²) < 4.78 is 60.8. The molecule has 0 saturated carbocycles. The highest BCUT2D eigenvalue weighted by molar-refractivity contribution is 7.87. The summed E-state index contributed by atoms with van der Waals surface area (Å²) in [7, 11) is -2.62. The van der Waals surface area contributed by atoms with Crippen LogP contribution in [0.4, 0.5) is 14.5 Å². The van der Waals surface area contributed by atoms with Gasteiger partial charge in [-0.2, -0.15) is 17.4 Å². The summed E-state index contributed by atoms with van der Waals surface area (Å²) in [6.45, 7) is 0.0263. The van der Waals surface area contributed by atoms with Crippen molar-refractivity contribution in [3.05, 3.63) is 64.7 Å². The van der Waals surface area contributed by atoms with E-state index in [-0.39, 0.29) is 30.3 Å². The molecule has 0 radical (unpaired) electrons. The van der Waals surface area contributed by atoms with E-state index in [1.165, 1.54) is 43.5 Å². The van der Waals surface area contributed by atoms with Crippen molar-refractivity contribution in [3.8, 4) is 0 Å². The molecule has 1 amide bonds. The Labute approximate surface area is 178 Å². The van der Waals surface area contributed by atoms with Gasteiger partial charge in [0.15, 0.2) is 0 Å². The molecule has 2 N–H and O–H groups in total. The van der Waals surface area contributed by atoms with Crippen LogP contribution in [0.5, 0.6) is 0 Å². The lowest BCUT2D eigenvalue weighted by atomic mass is 9.99. The maximum absolute atomic E-state index is 13.4. The zero-order chi connectivity index (χ0) is 21.9. The van der Waals surface area contributed by atoms with Crippen LogP contribution in [-0.4, -0.2) is 44.9 Å². The summed E-state index contributed by atoms with van der Waals surface area (Å²) in [6.07, 6.45) is 0.0926. The molecule has 2 atom stereocenters. The molecule has 1 heterocycles. The fourth-order valence-electron chi connectivity index (χ4n) is 3.20. The molecule has 1 aliphatic heterocycles. The van der Waals surface area contributed by atoms with Crippen molar-refractivity contribution < 1.29 is 26.7 Å². The van der Waals surface area contributed by atoms with Gasteiger partial charge in [0.25, 0.3) is 10.2 Å². The van der Waals surface area contributed by atoms with Crippen LogP contribution in [0.25, 0.3) is 0 Å². The number of hydrogen-bond acceptors (Lipinski definition) is 4. The van der Waals surface area contributed by atoms with E-state index >= 15 is 0 Å². The Morgan fingerprint density at radius 3 is 2.60 bits per heavy atom. The van der Waals surface area contributed by atoms with Gasteiger partial charge in [0.1, 0.15) is 17.7 Å². The second kappa shape index (κ2) is 9.36. The molecule has 1 saturated heterocycles. The van der Waals surface area contributed by atoms with Crippen molar-refractivity contribution in [1.29, 1.82) is 0 Å². The topological polar surface area (TPSA) is 87.7 Å². The molecule has 162 valence electrons. The van der Waals surface area contributed by atoms with Gasteiger partial charge in [-0.25, -0.2) is 8.78 Å². The highest BCUT2D eigenvalue weighted by Crippen LogP contribution is 2.30. The average Bonchev–Trinajstić information content (AvgIpc) is 2.69. The fourth-order valence-corrected chi connectivity index (χ4v) is 4.94. The minimum Gasteiger partial charge on any atom is -0.383 e. The smallest absolute Gasteiger partial charge is 0.280 e. The molecule has 0 aromatic heterocycles. The Balaban J connectivity index is 1.89. The van der Waals surface area contributed by atoms with Crippen LogP contribution in [0.3, 0.4) is 0 Å². The largest absolute Gasteiger partial charge is 0.383 e. The predicted molar refractivity (Wildman–Crippen MR) is 108 cm³/mol. The van der Waals surface area contributed by atoms with E-state index in [2.05, 4.69) is 10.0 Å². The average molecular weight is 460 g/mol. The standard InChI is InChI=1S/C19H20ClF2N3O4S/c1-29-9-8-25-18(19(26)23-14-6-7-16(22)15(20)10-14)11-17(24-30(25,27)28)12-2-4-13(21)5-3-12/h2-7,10,17-18,24H,8-9,11H2,1H3,(H,23,26)/t17-,18+/m1/s1. The van der Waals surface area contributed by atoms with Crippen molar-refractivity contribution in [3.63, 3.8) is 0 Å². The minimum atomic E-state index is -4.04. The lowest BCUT2D eigenvalue weighted by Crippen LogP contribution is -2.58. The third kappa shape index (κ3) is 5.13. The van der Waals surface area contributed by atoms with E-state index < -0.39 is 39.8 Å². The van der Waals surface area contributed by atoms with Crippen molar-refractivity contribution >= 4 is 33.4 Å². The summed E-state index contributed by atoms with van der Waals surface area (Å²) in [6, 6.07) is 7.21. The molecule has 3 rings (SSSR count). The van der Waals surface area contributed by atoms with Crippen molar-refractivity contribution in [1.82, 2.24) is 9.03 Å². The van der Waals surface area contributed by atoms with E-state index in [4.69, 9.17) is 16.3 Å². The van der Waals surface area contributed by atoms with Crippen LogP contribution in [0, 0.1) is 11.6 Å². The van der Waals surface area contributed by atoms with E-state index in [0.29, 0.717) is 5.56 Å². The van der Waals surface area contributed by atoms with E-state index in [9.17, 15) is 22.0 Å². The SMILES string of the molecule is COCCN1[C@H](C(=O)Nc2ccc(F)c(Cl)c2)C[C@H](c2ccc(F)cc2)NS1(=O)=O. The Morgan fingerprint density at radius 2 is 1.97 bits per heavy atom. The lowest BCUT2D eigenvalue weighted by molar-refractivity contribution is -0.120. The number of hydrogen-bond donors (Lipinski definition) is 2. The normalized spacial score (nSPS) is 21.3. The molecule has 0 spiro atoms. The lowest BCUT2D eigenvalue weighted by Gasteiger charge is -2.38. The molecule has 2 aromatic carbocycles. The maximum Gasteiger partial charge on any atom is 0.280 e. The van der Waals surface area contributed by atoms with Crippen LogP contribution in [0.15, 0.2) is 42.5 Å². The Kier molecular flexibility index (Phi) is 7.04. The number of methoxy groups -OCH3 is 1. The first-order valence-corrected chi connectivity index (χ1v) is 10.8. The van der Waals surface area contributed by atoms with E-state index in [0.717, 1.165) is 10.4 Å². The van der Waals surface area contributed by atoms with Crippen LogP contribution < -0.4 is 10.0 Å². The van der Waals surface area contributed by atoms with Crippen molar-refractivity contribution in [2.45, 2.75) is 18.5 Å². The van der Waals surface area contributed by atoms with Gasteiger partial charge < -0.3 is 10.1 Å². The summed E-state index contributed by atoms with van der Waals surface area (Å²) in [4.78, 5) is 13.0. The third-order valence-corrected chi connectivity index (χ3v) is 6.61. The monoisotopic (exact) mass is 459 g/mol. The highest BCUT2D eigenvalue weighted by Gasteiger charge is 2.42. The van der Waals surface area contributed by atoms with Crippen LogP contribution in [0.1, 0.15) is 18.0 Å². The fraction of sp³-hybridized carbons (Fsp3) is 0.316. The van der Waals surface area contributed by atoms with Gasteiger partial charge in [-0.3, -0.25) is 4.79 Å². The molecule has 1 fully saturated rings. The van der Waals surface area contributed by atoms with E-state index in [1.54, 1.807) is 0 Å². The molecule has 0 aliphatic carbocycles. The van der Waals surface area contributed by atoms with Gasteiger partial charge in [-0.15, -0.1) is 0 Å².